The van der Waals surface area contributed by atoms with Gasteiger partial charge in [0.25, 0.3) is 0 Å². The van der Waals surface area contributed by atoms with Gasteiger partial charge < -0.3 is 4.74 Å². The highest BCUT2D eigenvalue weighted by atomic mass is 19.4. The van der Waals surface area contributed by atoms with Crippen LogP contribution < -0.4 is 0 Å². The number of benzene rings is 1. The number of unbranched alkanes of at least 4 members (excludes halogenated alkanes) is 6. The molecule has 0 saturated heterocycles. The molecule has 0 heterocycles. The van der Waals surface area contributed by atoms with Gasteiger partial charge in [-0.3, -0.25) is 0 Å². The van der Waals surface area contributed by atoms with Crippen LogP contribution in [0.4, 0.5) is 17.6 Å². The van der Waals surface area contributed by atoms with Gasteiger partial charge in [-0.15, -0.1) is 0 Å². The van der Waals surface area contributed by atoms with Crippen LogP contribution in [0.3, 0.4) is 0 Å². The van der Waals surface area contributed by atoms with E-state index in [9.17, 15) is 22.4 Å². The van der Waals surface area contributed by atoms with Gasteiger partial charge in [0.05, 0.1) is 11.1 Å². The number of carbonyl (C=O) groups excluding carboxylic acids is 1. The molecule has 0 aliphatic carbocycles. The Kier molecular flexibility index (Phi) is 10.4. The summed E-state index contributed by atoms with van der Waals surface area (Å²) in [6.07, 6.45) is 4.56. The highest BCUT2D eigenvalue weighted by Gasteiger charge is 2.32. The lowest BCUT2D eigenvalue weighted by molar-refractivity contribution is -0.137. The minimum atomic E-state index is -4.71. The van der Waals surface area contributed by atoms with Crippen LogP contribution in [-0.2, 0) is 10.9 Å². The molecular formula is C21H30F4O2. The first kappa shape index (κ1) is 23.4. The van der Waals surface area contributed by atoms with E-state index >= 15 is 0 Å². The van der Waals surface area contributed by atoms with E-state index in [0.29, 0.717) is 25.0 Å². The zero-order valence-electron chi connectivity index (χ0n) is 16.2. The highest BCUT2D eigenvalue weighted by molar-refractivity contribution is 5.89. The molecule has 1 unspecified atom stereocenters. The molecule has 2 nitrogen and oxygen atoms in total. The number of hydrogen-bond acceptors (Lipinski definition) is 2. The summed E-state index contributed by atoms with van der Waals surface area (Å²) in [5, 5.41) is 0. The van der Waals surface area contributed by atoms with Crippen molar-refractivity contribution in [3.63, 3.8) is 0 Å². The third-order valence-electron chi connectivity index (χ3n) is 4.49. The van der Waals surface area contributed by atoms with E-state index in [1.165, 1.54) is 0 Å². The van der Waals surface area contributed by atoms with E-state index < -0.39 is 29.1 Å². The van der Waals surface area contributed by atoms with Crippen molar-refractivity contribution >= 4 is 5.97 Å². The fourth-order valence-corrected chi connectivity index (χ4v) is 2.95. The minimum absolute atomic E-state index is 0.344. The second kappa shape index (κ2) is 12.0. The van der Waals surface area contributed by atoms with Crippen LogP contribution in [0, 0.1) is 5.82 Å². The molecule has 0 aliphatic rings. The molecule has 0 aromatic heterocycles. The van der Waals surface area contributed by atoms with Gasteiger partial charge in [0.1, 0.15) is 11.9 Å². The molecule has 0 radical (unpaired) electrons. The molecule has 1 atom stereocenters. The SMILES string of the molecule is CCCCCCCC(CCCCC)OC(=O)c1cc(F)cc(C(F)(F)F)c1. The molecule has 0 spiro atoms. The normalized spacial score (nSPS) is 12.8. The Morgan fingerprint density at radius 2 is 1.48 bits per heavy atom. The molecule has 1 aromatic rings. The maximum atomic E-state index is 13.5. The Morgan fingerprint density at radius 3 is 2.07 bits per heavy atom. The average Bonchev–Trinajstić information content (AvgIpc) is 2.60. The van der Waals surface area contributed by atoms with Crippen molar-refractivity contribution in [2.45, 2.75) is 90.3 Å². The number of esters is 1. The summed E-state index contributed by atoms with van der Waals surface area (Å²) >= 11 is 0. The second-order valence-corrected chi connectivity index (χ2v) is 6.95. The van der Waals surface area contributed by atoms with Gasteiger partial charge >= 0.3 is 12.1 Å². The van der Waals surface area contributed by atoms with Gasteiger partial charge in [0, 0.05) is 0 Å². The molecule has 0 aliphatic heterocycles. The molecule has 0 saturated carbocycles. The van der Waals surface area contributed by atoms with Crippen molar-refractivity contribution in [2.75, 3.05) is 0 Å². The van der Waals surface area contributed by atoms with Crippen LogP contribution in [0.15, 0.2) is 18.2 Å². The van der Waals surface area contributed by atoms with Gasteiger partial charge in [-0.1, -0.05) is 52.4 Å². The Morgan fingerprint density at radius 1 is 0.926 bits per heavy atom. The van der Waals surface area contributed by atoms with E-state index in [1.54, 1.807) is 0 Å². The average molecular weight is 390 g/mol. The van der Waals surface area contributed by atoms with Crippen LogP contribution in [0.1, 0.15) is 94.0 Å². The first-order valence-electron chi connectivity index (χ1n) is 9.86. The molecular weight excluding hydrogens is 360 g/mol. The summed E-state index contributed by atoms with van der Waals surface area (Å²) in [7, 11) is 0. The number of halogens is 4. The number of carbonyl (C=O) groups is 1. The summed E-state index contributed by atoms with van der Waals surface area (Å²) in [5.74, 6) is -1.99. The summed E-state index contributed by atoms with van der Waals surface area (Å²) in [6.45, 7) is 4.20. The smallest absolute Gasteiger partial charge is 0.416 e. The summed E-state index contributed by atoms with van der Waals surface area (Å²) in [4.78, 5) is 12.3. The largest absolute Gasteiger partial charge is 0.459 e. The van der Waals surface area contributed by atoms with E-state index in [2.05, 4.69) is 13.8 Å². The molecule has 0 amide bonds. The third kappa shape index (κ3) is 9.25. The monoisotopic (exact) mass is 390 g/mol. The van der Waals surface area contributed by atoms with Crippen LogP contribution in [0.2, 0.25) is 0 Å². The number of alkyl halides is 3. The maximum Gasteiger partial charge on any atom is 0.416 e. The molecule has 0 fully saturated rings. The predicted octanol–water partition coefficient (Wildman–Crippen LogP) is 7.31. The first-order valence-corrected chi connectivity index (χ1v) is 9.86. The van der Waals surface area contributed by atoms with E-state index in [4.69, 9.17) is 4.74 Å². The van der Waals surface area contributed by atoms with Crippen LogP contribution in [0.25, 0.3) is 0 Å². The fraction of sp³-hybridized carbons (Fsp3) is 0.667. The summed E-state index contributed by atoms with van der Waals surface area (Å²) < 4.78 is 57.4. The van der Waals surface area contributed by atoms with Crippen molar-refractivity contribution < 1.29 is 27.1 Å². The zero-order valence-corrected chi connectivity index (χ0v) is 16.2. The quantitative estimate of drug-likeness (QED) is 0.212. The molecule has 0 N–H and O–H groups in total. The third-order valence-corrected chi connectivity index (χ3v) is 4.49. The lowest BCUT2D eigenvalue weighted by atomic mass is 10.0. The van der Waals surface area contributed by atoms with Gasteiger partial charge in [-0.25, -0.2) is 9.18 Å². The maximum absolute atomic E-state index is 13.5. The van der Waals surface area contributed by atoms with E-state index in [1.807, 2.05) is 0 Å². The van der Waals surface area contributed by atoms with Crippen LogP contribution in [-0.4, -0.2) is 12.1 Å². The lowest BCUT2D eigenvalue weighted by Crippen LogP contribution is -2.19. The minimum Gasteiger partial charge on any atom is -0.459 e. The number of ether oxygens (including phenoxy) is 1. The molecule has 1 aromatic carbocycles. The van der Waals surface area contributed by atoms with Gasteiger partial charge in [0.15, 0.2) is 0 Å². The van der Waals surface area contributed by atoms with Gasteiger partial charge in [-0.2, -0.15) is 13.2 Å². The Labute approximate surface area is 159 Å². The first-order chi connectivity index (χ1) is 12.8. The van der Waals surface area contributed by atoms with Crippen molar-refractivity contribution in [2.24, 2.45) is 0 Å². The van der Waals surface area contributed by atoms with E-state index in [0.717, 1.165) is 57.4 Å². The van der Waals surface area contributed by atoms with Crippen molar-refractivity contribution in [3.05, 3.63) is 35.1 Å². The highest BCUT2D eigenvalue weighted by Crippen LogP contribution is 2.30. The molecule has 27 heavy (non-hydrogen) atoms. The molecule has 1 rings (SSSR count). The van der Waals surface area contributed by atoms with Gasteiger partial charge in [-0.05, 0) is 43.9 Å². The Hall–Kier alpha value is -1.59. The molecule has 6 heteroatoms. The number of rotatable bonds is 12. The van der Waals surface area contributed by atoms with E-state index in [-0.39, 0.29) is 6.10 Å². The Balaban J connectivity index is 2.74. The number of hydrogen-bond donors (Lipinski definition) is 0. The predicted molar refractivity (Wildman–Crippen MR) is 98.1 cm³/mol. The van der Waals surface area contributed by atoms with Crippen LogP contribution in [0.5, 0.6) is 0 Å². The topological polar surface area (TPSA) is 26.3 Å². The standard InChI is InChI=1S/C21H30F4O2/c1-3-5-7-8-10-12-19(11-9-6-4-2)27-20(26)16-13-17(21(23,24)25)15-18(22)14-16/h13-15,19H,3-12H2,1-2H3. The van der Waals surface area contributed by atoms with Crippen molar-refractivity contribution in [1.82, 2.24) is 0 Å². The van der Waals surface area contributed by atoms with Crippen molar-refractivity contribution in [3.8, 4) is 0 Å². The second-order valence-electron chi connectivity index (χ2n) is 6.95. The molecule has 0 bridgehead atoms. The fourth-order valence-electron chi connectivity index (χ4n) is 2.95. The zero-order chi connectivity index (χ0) is 20.3. The van der Waals surface area contributed by atoms with Crippen LogP contribution >= 0.6 is 0 Å². The molecule has 154 valence electrons. The Bertz CT molecular complexity index is 570. The summed E-state index contributed by atoms with van der Waals surface area (Å²) in [6, 6.07) is 1.82. The van der Waals surface area contributed by atoms with Crippen molar-refractivity contribution in [1.29, 1.82) is 0 Å². The summed E-state index contributed by atoms with van der Waals surface area (Å²) in [5.41, 5.74) is -1.58. The van der Waals surface area contributed by atoms with Gasteiger partial charge in [0.2, 0.25) is 0 Å². The lowest BCUT2D eigenvalue weighted by Gasteiger charge is -2.18.